The van der Waals surface area contributed by atoms with E-state index in [9.17, 15) is 4.79 Å². The molecular weight excluding hydrogens is 410 g/mol. The highest BCUT2D eigenvalue weighted by Gasteiger charge is 2.20. The minimum absolute atomic E-state index is 0.157. The predicted octanol–water partition coefficient (Wildman–Crippen LogP) is 4.03. The Morgan fingerprint density at radius 1 is 1.28 bits per heavy atom. The molecule has 0 aliphatic heterocycles. The second kappa shape index (κ2) is 8.50. The van der Waals surface area contributed by atoms with Gasteiger partial charge in [-0.3, -0.25) is 9.36 Å². The Bertz CT molecular complexity index is 1100. The first-order valence-corrected chi connectivity index (χ1v) is 10.5. The van der Waals surface area contributed by atoms with Crippen molar-refractivity contribution in [2.24, 2.45) is 0 Å². The molecule has 1 amide bonds. The fourth-order valence-corrected chi connectivity index (χ4v) is 3.99. The molecule has 4 aromatic rings. The van der Waals surface area contributed by atoms with Gasteiger partial charge in [-0.15, -0.1) is 21.5 Å². The van der Waals surface area contributed by atoms with E-state index < -0.39 is 0 Å². The summed E-state index contributed by atoms with van der Waals surface area (Å²) in [7, 11) is 1.62. The number of nitrogens with one attached hydrogen (secondary N) is 1. The number of anilines is 1. The summed E-state index contributed by atoms with van der Waals surface area (Å²) >= 11 is 2.67. The van der Waals surface area contributed by atoms with Gasteiger partial charge in [0.2, 0.25) is 5.91 Å². The van der Waals surface area contributed by atoms with Gasteiger partial charge in [-0.25, -0.2) is 4.98 Å². The van der Waals surface area contributed by atoms with Gasteiger partial charge in [-0.2, -0.15) is 0 Å². The Balaban J connectivity index is 1.63. The minimum atomic E-state index is -0.157. The number of furan rings is 1. The molecule has 0 aliphatic carbocycles. The van der Waals surface area contributed by atoms with Gasteiger partial charge in [0.1, 0.15) is 11.5 Å². The maximum Gasteiger partial charge on any atom is 0.236 e. The summed E-state index contributed by atoms with van der Waals surface area (Å²) in [5, 5.41) is 14.4. The first-order chi connectivity index (χ1) is 14.2. The Morgan fingerprint density at radius 3 is 2.76 bits per heavy atom. The van der Waals surface area contributed by atoms with Crippen LogP contribution in [0.25, 0.3) is 17.1 Å². The molecule has 0 aliphatic rings. The van der Waals surface area contributed by atoms with E-state index in [1.54, 1.807) is 19.6 Å². The Labute approximate surface area is 174 Å². The van der Waals surface area contributed by atoms with Crippen LogP contribution < -0.4 is 10.1 Å². The van der Waals surface area contributed by atoms with Gasteiger partial charge in [0.15, 0.2) is 16.1 Å². The molecule has 0 saturated heterocycles. The lowest BCUT2D eigenvalue weighted by Crippen LogP contribution is -2.14. The third kappa shape index (κ3) is 4.17. The maximum atomic E-state index is 12.3. The molecule has 0 spiro atoms. The molecular formula is C19H17N5O3S2. The molecule has 3 aromatic heterocycles. The molecule has 148 valence electrons. The molecule has 3 heterocycles. The van der Waals surface area contributed by atoms with Crippen molar-refractivity contribution in [3.8, 4) is 22.8 Å². The van der Waals surface area contributed by atoms with Crippen LogP contribution >= 0.6 is 23.1 Å². The molecule has 0 atom stereocenters. The highest BCUT2D eigenvalue weighted by Crippen LogP contribution is 2.31. The zero-order valence-corrected chi connectivity index (χ0v) is 17.3. The SMILES string of the molecule is COc1ccc(-n2c(SCC(=O)Nc3nccs3)nnc2-c2ccoc2C)cc1. The number of methoxy groups -OCH3 is 1. The Morgan fingerprint density at radius 2 is 2.10 bits per heavy atom. The zero-order valence-electron chi connectivity index (χ0n) is 15.7. The molecule has 0 radical (unpaired) electrons. The molecule has 8 nitrogen and oxygen atoms in total. The van der Waals surface area contributed by atoms with Crippen LogP contribution in [0.1, 0.15) is 5.76 Å². The number of hydrogen-bond donors (Lipinski definition) is 1. The topological polar surface area (TPSA) is 95.1 Å². The average molecular weight is 428 g/mol. The number of rotatable bonds is 7. The molecule has 29 heavy (non-hydrogen) atoms. The second-order valence-corrected chi connectivity index (χ2v) is 7.74. The van der Waals surface area contributed by atoms with Crippen molar-refractivity contribution in [1.29, 1.82) is 0 Å². The normalized spacial score (nSPS) is 10.8. The lowest BCUT2D eigenvalue weighted by Gasteiger charge is -2.10. The number of thiazole rings is 1. The third-order valence-electron chi connectivity index (χ3n) is 4.07. The summed E-state index contributed by atoms with van der Waals surface area (Å²) in [6.45, 7) is 1.87. The number of amides is 1. The summed E-state index contributed by atoms with van der Waals surface area (Å²) in [4.78, 5) is 16.3. The van der Waals surface area contributed by atoms with Gasteiger partial charge in [0.05, 0.1) is 30.4 Å². The van der Waals surface area contributed by atoms with Crippen LogP contribution in [-0.2, 0) is 4.79 Å². The van der Waals surface area contributed by atoms with Gasteiger partial charge in [0, 0.05) is 11.6 Å². The number of ether oxygens (including phenoxy) is 1. The predicted molar refractivity (Wildman–Crippen MR) is 112 cm³/mol. The maximum absolute atomic E-state index is 12.3. The number of hydrogen-bond acceptors (Lipinski definition) is 8. The fourth-order valence-electron chi connectivity index (χ4n) is 2.69. The van der Waals surface area contributed by atoms with E-state index in [1.807, 2.05) is 47.2 Å². The van der Waals surface area contributed by atoms with Gasteiger partial charge in [0.25, 0.3) is 0 Å². The quantitative estimate of drug-likeness (QED) is 0.445. The first-order valence-electron chi connectivity index (χ1n) is 8.62. The zero-order chi connectivity index (χ0) is 20.2. The van der Waals surface area contributed by atoms with Gasteiger partial charge >= 0.3 is 0 Å². The van der Waals surface area contributed by atoms with E-state index in [0.717, 1.165) is 22.8 Å². The summed E-state index contributed by atoms with van der Waals surface area (Å²) in [6, 6.07) is 9.42. The van der Waals surface area contributed by atoms with Crippen LogP contribution in [0.5, 0.6) is 5.75 Å². The number of benzene rings is 1. The number of nitrogens with zero attached hydrogens (tertiary/aromatic N) is 4. The molecule has 0 fully saturated rings. The third-order valence-corrected chi connectivity index (χ3v) is 5.69. The fraction of sp³-hybridized carbons (Fsp3) is 0.158. The summed E-state index contributed by atoms with van der Waals surface area (Å²) in [5.41, 5.74) is 1.70. The van der Waals surface area contributed by atoms with Crippen molar-refractivity contribution in [2.45, 2.75) is 12.1 Å². The Kier molecular flexibility index (Phi) is 5.63. The number of thioether (sulfide) groups is 1. The molecule has 1 N–H and O–H groups in total. The van der Waals surface area contributed by atoms with Crippen molar-refractivity contribution in [3.63, 3.8) is 0 Å². The lowest BCUT2D eigenvalue weighted by molar-refractivity contribution is -0.113. The minimum Gasteiger partial charge on any atom is -0.497 e. The molecule has 4 rings (SSSR count). The largest absolute Gasteiger partial charge is 0.497 e. The van der Waals surface area contributed by atoms with E-state index in [-0.39, 0.29) is 11.7 Å². The lowest BCUT2D eigenvalue weighted by atomic mass is 10.2. The smallest absolute Gasteiger partial charge is 0.236 e. The van der Waals surface area contributed by atoms with Crippen molar-refractivity contribution in [2.75, 3.05) is 18.2 Å². The molecule has 1 aromatic carbocycles. The van der Waals surface area contributed by atoms with E-state index in [4.69, 9.17) is 9.15 Å². The van der Waals surface area contributed by atoms with E-state index in [1.165, 1.54) is 23.1 Å². The summed E-state index contributed by atoms with van der Waals surface area (Å²) in [6.07, 6.45) is 3.26. The highest BCUT2D eigenvalue weighted by molar-refractivity contribution is 7.99. The number of carbonyl (C=O) groups excluding carboxylic acids is 1. The van der Waals surface area contributed by atoms with E-state index in [2.05, 4.69) is 20.5 Å². The van der Waals surface area contributed by atoms with Crippen LogP contribution in [-0.4, -0.2) is 38.5 Å². The number of aryl methyl sites for hydroxylation is 1. The molecule has 0 bridgehead atoms. The standard InChI is InChI=1S/C19H17N5O3S2/c1-12-15(7-9-27-12)17-22-23-19(24(17)13-3-5-14(26-2)6-4-13)29-11-16(25)21-18-20-8-10-28-18/h3-10H,11H2,1-2H3,(H,20,21,25). The van der Waals surface area contributed by atoms with E-state index in [0.29, 0.717) is 16.1 Å². The Hall–Kier alpha value is -3.11. The average Bonchev–Trinajstić information content (AvgIpc) is 3.47. The van der Waals surface area contributed by atoms with Crippen LogP contribution in [0.4, 0.5) is 5.13 Å². The van der Waals surface area contributed by atoms with Gasteiger partial charge in [-0.05, 0) is 37.3 Å². The second-order valence-electron chi connectivity index (χ2n) is 5.90. The van der Waals surface area contributed by atoms with E-state index >= 15 is 0 Å². The molecule has 10 heteroatoms. The molecule has 0 saturated carbocycles. The monoisotopic (exact) mass is 427 g/mol. The van der Waals surface area contributed by atoms with Crippen LogP contribution in [0, 0.1) is 6.92 Å². The van der Waals surface area contributed by atoms with Crippen LogP contribution in [0.3, 0.4) is 0 Å². The van der Waals surface area contributed by atoms with Gasteiger partial charge in [-0.1, -0.05) is 11.8 Å². The van der Waals surface area contributed by atoms with Crippen molar-refractivity contribution < 1.29 is 13.9 Å². The number of aromatic nitrogens is 4. The van der Waals surface area contributed by atoms with Crippen LogP contribution in [0.15, 0.2) is 57.7 Å². The number of carbonyl (C=O) groups is 1. The van der Waals surface area contributed by atoms with Crippen molar-refractivity contribution in [3.05, 3.63) is 53.9 Å². The van der Waals surface area contributed by atoms with Crippen LogP contribution in [0.2, 0.25) is 0 Å². The summed E-state index contributed by atoms with van der Waals surface area (Å²) in [5.74, 6) is 2.16. The van der Waals surface area contributed by atoms with Crippen molar-refractivity contribution in [1.82, 2.24) is 19.7 Å². The highest BCUT2D eigenvalue weighted by atomic mass is 32.2. The first kappa shape index (κ1) is 19.2. The molecule has 0 unspecified atom stereocenters. The van der Waals surface area contributed by atoms with Gasteiger partial charge < -0.3 is 14.5 Å². The van der Waals surface area contributed by atoms with Crippen molar-refractivity contribution >= 4 is 34.1 Å². The summed E-state index contributed by atoms with van der Waals surface area (Å²) < 4.78 is 12.6.